The van der Waals surface area contributed by atoms with Crippen molar-refractivity contribution >= 4 is 23.3 Å². The Kier molecular flexibility index (Phi) is 6.30. The van der Waals surface area contributed by atoms with Crippen molar-refractivity contribution in [3.63, 3.8) is 0 Å². The standard InChI is InChI=1S/C26H22N2O2S/c27-25(31)19-10-7-9-18(16-19)8-5-6-15-28-26(29)30-17-24-22-13-3-1-11-20(22)21-12-2-4-14-23(21)24/h1-4,7,9-14,16,24H,6,15,17H2,(H2,27,31)(H,28,29). The van der Waals surface area contributed by atoms with Crippen LogP contribution in [0.5, 0.6) is 0 Å². The van der Waals surface area contributed by atoms with Gasteiger partial charge >= 0.3 is 6.09 Å². The lowest BCUT2D eigenvalue weighted by atomic mass is 9.98. The zero-order valence-electron chi connectivity index (χ0n) is 16.9. The SMILES string of the molecule is NC(=S)c1cccc(C#CCCNC(=O)OCC2c3ccccc3-c3ccccc32)c1. The number of carbonyl (C=O) groups excluding carboxylic acids is 1. The van der Waals surface area contributed by atoms with Gasteiger partial charge in [0.2, 0.25) is 0 Å². The Bertz CT molecular complexity index is 1150. The van der Waals surface area contributed by atoms with Crippen LogP contribution >= 0.6 is 12.2 Å². The summed E-state index contributed by atoms with van der Waals surface area (Å²) in [5, 5.41) is 2.77. The Labute approximate surface area is 187 Å². The molecule has 0 radical (unpaired) electrons. The summed E-state index contributed by atoms with van der Waals surface area (Å²) < 4.78 is 5.52. The number of benzene rings is 3. The molecule has 3 aromatic rings. The molecule has 1 aliphatic rings. The number of thiocarbonyl (C=S) groups is 1. The fourth-order valence-corrected chi connectivity index (χ4v) is 3.92. The van der Waals surface area contributed by atoms with Crippen LogP contribution in [-0.4, -0.2) is 24.2 Å². The van der Waals surface area contributed by atoms with E-state index in [-0.39, 0.29) is 5.92 Å². The summed E-state index contributed by atoms with van der Waals surface area (Å²) in [5.74, 6) is 6.15. The molecule has 0 aliphatic heterocycles. The highest BCUT2D eigenvalue weighted by Gasteiger charge is 2.28. The van der Waals surface area contributed by atoms with Gasteiger partial charge in [0.05, 0.1) is 0 Å². The molecule has 4 rings (SSSR count). The number of nitrogens with two attached hydrogens (primary N) is 1. The lowest BCUT2D eigenvalue weighted by Gasteiger charge is -2.14. The highest BCUT2D eigenvalue weighted by molar-refractivity contribution is 7.80. The van der Waals surface area contributed by atoms with Gasteiger partial charge in [-0.2, -0.15) is 0 Å². The summed E-state index contributed by atoms with van der Waals surface area (Å²) >= 11 is 4.98. The van der Waals surface area contributed by atoms with Gasteiger partial charge in [-0.05, 0) is 34.4 Å². The third-order valence-corrected chi connectivity index (χ3v) is 5.48. The van der Waals surface area contributed by atoms with Crippen molar-refractivity contribution in [2.24, 2.45) is 5.73 Å². The third-order valence-electron chi connectivity index (χ3n) is 5.24. The topological polar surface area (TPSA) is 64.3 Å². The van der Waals surface area contributed by atoms with Crippen molar-refractivity contribution in [1.82, 2.24) is 5.32 Å². The second kappa shape index (κ2) is 9.46. The number of ether oxygens (including phenoxy) is 1. The molecular formula is C26H22N2O2S. The molecule has 1 amide bonds. The highest BCUT2D eigenvalue weighted by atomic mass is 32.1. The summed E-state index contributed by atoms with van der Waals surface area (Å²) in [6.45, 7) is 0.718. The lowest BCUT2D eigenvalue weighted by Crippen LogP contribution is -2.26. The predicted molar refractivity (Wildman–Crippen MR) is 127 cm³/mol. The van der Waals surface area contributed by atoms with Crippen molar-refractivity contribution in [3.05, 3.63) is 95.1 Å². The van der Waals surface area contributed by atoms with E-state index in [9.17, 15) is 4.79 Å². The maximum absolute atomic E-state index is 12.2. The Balaban J connectivity index is 1.28. The molecule has 0 atom stereocenters. The van der Waals surface area contributed by atoms with Crippen molar-refractivity contribution < 1.29 is 9.53 Å². The first-order chi connectivity index (χ1) is 15.1. The molecular weight excluding hydrogens is 404 g/mol. The molecule has 0 aromatic heterocycles. The van der Waals surface area contributed by atoms with Gasteiger partial charge in [0.1, 0.15) is 11.6 Å². The molecule has 5 heteroatoms. The highest BCUT2D eigenvalue weighted by Crippen LogP contribution is 2.44. The van der Waals surface area contributed by atoms with Crippen LogP contribution in [0.3, 0.4) is 0 Å². The van der Waals surface area contributed by atoms with Crippen LogP contribution in [0.4, 0.5) is 4.79 Å². The van der Waals surface area contributed by atoms with E-state index in [1.165, 1.54) is 22.3 Å². The molecule has 31 heavy (non-hydrogen) atoms. The predicted octanol–water partition coefficient (Wildman–Crippen LogP) is 4.60. The third kappa shape index (κ3) is 4.76. The molecule has 3 aromatic carbocycles. The molecule has 4 nitrogen and oxygen atoms in total. The van der Waals surface area contributed by atoms with E-state index in [1.807, 2.05) is 48.5 Å². The van der Waals surface area contributed by atoms with Crippen molar-refractivity contribution in [3.8, 4) is 23.0 Å². The maximum atomic E-state index is 12.2. The van der Waals surface area contributed by atoms with Crippen molar-refractivity contribution in [1.29, 1.82) is 0 Å². The van der Waals surface area contributed by atoms with E-state index in [1.54, 1.807) is 0 Å². The van der Waals surface area contributed by atoms with Crippen molar-refractivity contribution in [2.75, 3.05) is 13.2 Å². The Hall–Kier alpha value is -3.62. The van der Waals surface area contributed by atoms with E-state index in [4.69, 9.17) is 22.7 Å². The molecule has 0 unspecified atom stereocenters. The summed E-state index contributed by atoms with van der Waals surface area (Å²) in [5.41, 5.74) is 12.1. The number of rotatable bonds is 5. The quantitative estimate of drug-likeness (QED) is 0.356. The molecule has 0 saturated carbocycles. The van der Waals surface area contributed by atoms with Gasteiger partial charge in [-0.25, -0.2) is 4.79 Å². The summed E-state index contributed by atoms with van der Waals surface area (Å²) in [6.07, 6.45) is 0.0840. The number of amides is 1. The second-order valence-electron chi connectivity index (χ2n) is 7.25. The van der Waals surface area contributed by atoms with E-state index >= 15 is 0 Å². The van der Waals surface area contributed by atoms with Crippen molar-refractivity contribution in [2.45, 2.75) is 12.3 Å². The molecule has 0 spiro atoms. The smallest absolute Gasteiger partial charge is 0.407 e. The first kappa shape index (κ1) is 20.6. The fraction of sp³-hybridized carbons (Fsp3) is 0.154. The van der Waals surface area contributed by atoms with E-state index in [2.05, 4.69) is 41.4 Å². The van der Waals surface area contributed by atoms with Gasteiger partial charge in [0, 0.05) is 30.0 Å². The van der Waals surface area contributed by atoms with Gasteiger partial charge in [-0.3, -0.25) is 0 Å². The second-order valence-corrected chi connectivity index (χ2v) is 7.69. The van der Waals surface area contributed by atoms with Crippen LogP contribution in [0, 0.1) is 11.8 Å². The molecule has 0 saturated heterocycles. The minimum Gasteiger partial charge on any atom is -0.449 e. The van der Waals surface area contributed by atoms with Crippen LogP contribution in [0.1, 0.15) is 34.6 Å². The lowest BCUT2D eigenvalue weighted by molar-refractivity contribution is 0.143. The molecule has 0 fully saturated rings. The molecule has 0 bridgehead atoms. The number of alkyl carbamates (subject to hydrolysis) is 1. The Morgan fingerprint density at radius 2 is 1.68 bits per heavy atom. The minimum atomic E-state index is -0.431. The van der Waals surface area contributed by atoms with Gasteiger partial charge in [0.25, 0.3) is 0 Å². The summed E-state index contributed by atoms with van der Waals surface area (Å²) in [7, 11) is 0. The van der Waals surface area contributed by atoms with Gasteiger partial charge in [0.15, 0.2) is 0 Å². The number of carbonyl (C=O) groups is 1. The van der Waals surface area contributed by atoms with Gasteiger partial charge in [-0.1, -0.05) is 84.7 Å². The zero-order chi connectivity index (χ0) is 21.6. The van der Waals surface area contributed by atoms with Crippen LogP contribution in [0.25, 0.3) is 11.1 Å². The van der Waals surface area contributed by atoms with E-state index < -0.39 is 6.09 Å². The van der Waals surface area contributed by atoms with Gasteiger partial charge < -0.3 is 15.8 Å². The molecule has 154 valence electrons. The van der Waals surface area contributed by atoms with Crippen LogP contribution in [0.2, 0.25) is 0 Å². The summed E-state index contributed by atoms with van der Waals surface area (Å²) in [4.78, 5) is 12.5. The first-order valence-corrected chi connectivity index (χ1v) is 10.5. The number of hydrogen-bond acceptors (Lipinski definition) is 3. The molecule has 1 aliphatic carbocycles. The average Bonchev–Trinajstić information content (AvgIpc) is 3.11. The largest absolute Gasteiger partial charge is 0.449 e. The fourth-order valence-electron chi connectivity index (χ4n) is 3.79. The number of hydrogen-bond donors (Lipinski definition) is 2. The van der Waals surface area contributed by atoms with E-state index in [0.717, 1.165) is 11.1 Å². The maximum Gasteiger partial charge on any atom is 0.407 e. The molecule has 3 N–H and O–H groups in total. The van der Waals surface area contributed by atoms with Gasteiger partial charge in [-0.15, -0.1) is 0 Å². The minimum absolute atomic E-state index is 0.0545. The Morgan fingerprint density at radius 3 is 2.35 bits per heavy atom. The number of fused-ring (bicyclic) bond motifs is 3. The van der Waals surface area contributed by atoms with Crippen LogP contribution in [0.15, 0.2) is 72.8 Å². The molecule has 0 heterocycles. The number of nitrogens with one attached hydrogen (secondary N) is 1. The van der Waals surface area contributed by atoms with Crippen LogP contribution in [-0.2, 0) is 4.74 Å². The zero-order valence-corrected chi connectivity index (χ0v) is 17.7. The van der Waals surface area contributed by atoms with Crippen LogP contribution < -0.4 is 11.1 Å². The average molecular weight is 427 g/mol. The van der Waals surface area contributed by atoms with E-state index in [0.29, 0.717) is 24.6 Å². The Morgan fingerprint density at radius 1 is 1.00 bits per heavy atom. The normalized spacial score (nSPS) is 11.6. The monoisotopic (exact) mass is 426 g/mol. The summed E-state index contributed by atoms with van der Waals surface area (Å²) in [6, 6.07) is 24.0. The first-order valence-electron chi connectivity index (χ1n) is 10.1.